The maximum absolute atomic E-state index is 4.71. The van der Waals surface area contributed by atoms with Crippen molar-refractivity contribution in [3.8, 4) is 0 Å². The smallest absolute Gasteiger partial charge is 0.0547 e. The zero-order valence-electron chi connectivity index (χ0n) is 13.3. The number of hydrogen-bond donors (Lipinski definition) is 1. The van der Waals surface area contributed by atoms with Crippen molar-refractivity contribution in [2.45, 2.75) is 53.8 Å². The highest BCUT2D eigenvalue weighted by Gasteiger charge is 2.23. The first kappa shape index (κ1) is 16.1. The fraction of sp³-hybridized carbons (Fsp3) is 0.688. The third kappa shape index (κ3) is 5.29. The standard InChI is InChI=1S/C16H29N3/c1-7-17-11-14-9-8-10-15(18-14)12-19(6)13(2)16(3,4)5/h8-10,13,17H,7,11-12H2,1-6H3. The fourth-order valence-corrected chi connectivity index (χ4v) is 2.02. The van der Waals surface area contributed by atoms with Gasteiger partial charge in [-0.2, -0.15) is 0 Å². The quantitative estimate of drug-likeness (QED) is 0.855. The molecule has 19 heavy (non-hydrogen) atoms. The van der Waals surface area contributed by atoms with E-state index in [1.165, 1.54) is 0 Å². The van der Waals surface area contributed by atoms with Crippen LogP contribution in [0.2, 0.25) is 0 Å². The van der Waals surface area contributed by atoms with Gasteiger partial charge in [0.25, 0.3) is 0 Å². The molecule has 3 nitrogen and oxygen atoms in total. The van der Waals surface area contributed by atoms with Gasteiger partial charge in [0.1, 0.15) is 0 Å². The zero-order chi connectivity index (χ0) is 14.5. The molecule has 0 aromatic carbocycles. The van der Waals surface area contributed by atoms with Crippen LogP contribution >= 0.6 is 0 Å². The van der Waals surface area contributed by atoms with Crippen LogP contribution in [0.1, 0.15) is 46.0 Å². The Morgan fingerprint density at radius 3 is 2.47 bits per heavy atom. The number of aromatic nitrogens is 1. The molecule has 0 fully saturated rings. The van der Waals surface area contributed by atoms with Gasteiger partial charge < -0.3 is 5.32 Å². The van der Waals surface area contributed by atoms with Gasteiger partial charge in [-0.15, -0.1) is 0 Å². The van der Waals surface area contributed by atoms with Crippen LogP contribution in [0.25, 0.3) is 0 Å². The van der Waals surface area contributed by atoms with Gasteiger partial charge in [-0.3, -0.25) is 9.88 Å². The molecule has 0 saturated heterocycles. The van der Waals surface area contributed by atoms with E-state index >= 15 is 0 Å². The van der Waals surface area contributed by atoms with E-state index in [0.29, 0.717) is 6.04 Å². The van der Waals surface area contributed by atoms with E-state index in [1.807, 2.05) is 0 Å². The lowest BCUT2D eigenvalue weighted by molar-refractivity contribution is 0.133. The van der Waals surface area contributed by atoms with E-state index in [4.69, 9.17) is 4.98 Å². The van der Waals surface area contributed by atoms with E-state index in [2.05, 4.69) is 70.1 Å². The van der Waals surface area contributed by atoms with Crippen molar-refractivity contribution in [2.24, 2.45) is 5.41 Å². The number of nitrogens with one attached hydrogen (secondary N) is 1. The molecule has 1 aromatic heterocycles. The normalized spacial score (nSPS) is 13.8. The monoisotopic (exact) mass is 263 g/mol. The van der Waals surface area contributed by atoms with Gasteiger partial charge in [-0.05, 0) is 38.1 Å². The molecular weight excluding hydrogens is 234 g/mol. The van der Waals surface area contributed by atoms with Gasteiger partial charge in [0.05, 0.1) is 11.4 Å². The first-order valence-electron chi connectivity index (χ1n) is 7.20. The number of hydrogen-bond acceptors (Lipinski definition) is 3. The Balaban J connectivity index is 2.66. The van der Waals surface area contributed by atoms with Crippen LogP contribution in [0.5, 0.6) is 0 Å². The Morgan fingerprint density at radius 1 is 1.26 bits per heavy atom. The lowest BCUT2D eigenvalue weighted by atomic mass is 9.87. The summed E-state index contributed by atoms with van der Waals surface area (Å²) in [5.74, 6) is 0. The van der Waals surface area contributed by atoms with Crippen LogP contribution in [0.3, 0.4) is 0 Å². The predicted octanol–water partition coefficient (Wildman–Crippen LogP) is 3.06. The predicted molar refractivity (Wildman–Crippen MR) is 82.0 cm³/mol. The maximum atomic E-state index is 4.71. The molecule has 0 saturated carbocycles. The minimum absolute atomic E-state index is 0.288. The van der Waals surface area contributed by atoms with E-state index in [0.717, 1.165) is 31.0 Å². The van der Waals surface area contributed by atoms with E-state index in [9.17, 15) is 0 Å². The van der Waals surface area contributed by atoms with Crippen molar-refractivity contribution in [1.29, 1.82) is 0 Å². The summed E-state index contributed by atoms with van der Waals surface area (Å²) in [5, 5.41) is 3.32. The van der Waals surface area contributed by atoms with Crippen molar-refractivity contribution in [2.75, 3.05) is 13.6 Å². The second kappa shape index (κ2) is 7.01. The van der Waals surface area contributed by atoms with Gasteiger partial charge in [-0.1, -0.05) is 33.8 Å². The topological polar surface area (TPSA) is 28.2 Å². The molecule has 1 atom stereocenters. The first-order valence-corrected chi connectivity index (χ1v) is 7.20. The minimum Gasteiger partial charge on any atom is -0.311 e. The van der Waals surface area contributed by atoms with Crippen LogP contribution in [-0.2, 0) is 13.1 Å². The van der Waals surface area contributed by atoms with Crippen LogP contribution in [0, 0.1) is 5.41 Å². The summed E-state index contributed by atoms with van der Waals surface area (Å²) in [7, 11) is 2.18. The molecule has 0 spiro atoms. The van der Waals surface area contributed by atoms with E-state index in [-0.39, 0.29) is 5.41 Å². The second-order valence-corrected chi connectivity index (χ2v) is 6.36. The Hall–Kier alpha value is -0.930. The summed E-state index contributed by atoms with van der Waals surface area (Å²) in [4.78, 5) is 7.08. The molecule has 0 bridgehead atoms. The first-order chi connectivity index (χ1) is 8.84. The Labute approximate surface area is 118 Å². The van der Waals surface area contributed by atoms with Gasteiger partial charge >= 0.3 is 0 Å². The van der Waals surface area contributed by atoms with Gasteiger partial charge in [0.2, 0.25) is 0 Å². The zero-order valence-corrected chi connectivity index (χ0v) is 13.3. The molecular formula is C16H29N3. The van der Waals surface area contributed by atoms with Gasteiger partial charge in [0.15, 0.2) is 0 Å². The van der Waals surface area contributed by atoms with E-state index in [1.54, 1.807) is 0 Å². The van der Waals surface area contributed by atoms with Crippen LogP contribution in [-0.4, -0.2) is 29.5 Å². The minimum atomic E-state index is 0.288. The SMILES string of the molecule is CCNCc1cccc(CN(C)C(C)C(C)(C)C)n1. The van der Waals surface area contributed by atoms with Crippen LogP contribution in [0.15, 0.2) is 18.2 Å². The highest BCUT2D eigenvalue weighted by Crippen LogP contribution is 2.23. The number of pyridine rings is 1. The number of nitrogens with zero attached hydrogens (tertiary/aromatic N) is 2. The fourth-order valence-electron chi connectivity index (χ4n) is 2.02. The van der Waals surface area contributed by atoms with Gasteiger partial charge in [-0.25, -0.2) is 0 Å². The van der Waals surface area contributed by atoms with Crippen molar-refractivity contribution in [1.82, 2.24) is 15.2 Å². The molecule has 1 aromatic rings. The lowest BCUT2D eigenvalue weighted by Gasteiger charge is -2.35. The molecule has 1 rings (SSSR count). The summed E-state index contributed by atoms with van der Waals surface area (Å²) >= 11 is 0. The average Bonchev–Trinajstić information content (AvgIpc) is 2.34. The van der Waals surface area contributed by atoms with Crippen molar-refractivity contribution in [3.05, 3.63) is 29.6 Å². The second-order valence-electron chi connectivity index (χ2n) is 6.36. The molecule has 0 aliphatic heterocycles. The molecule has 108 valence electrons. The van der Waals surface area contributed by atoms with Crippen LogP contribution in [0.4, 0.5) is 0 Å². The summed E-state index contributed by atoms with van der Waals surface area (Å²) < 4.78 is 0. The summed E-state index contributed by atoms with van der Waals surface area (Å²) in [6, 6.07) is 6.82. The van der Waals surface area contributed by atoms with E-state index < -0.39 is 0 Å². The Morgan fingerprint density at radius 2 is 1.89 bits per heavy atom. The van der Waals surface area contributed by atoms with Crippen molar-refractivity contribution >= 4 is 0 Å². The molecule has 0 aliphatic carbocycles. The van der Waals surface area contributed by atoms with Gasteiger partial charge in [0, 0.05) is 19.1 Å². The van der Waals surface area contributed by atoms with Crippen LogP contribution < -0.4 is 5.32 Å². The highest BCUT2D eigenvalue weighted by atomic mass is 15.1. The van der Waals surface area contributed by atoms with Crippen molar-refractivity contribution < 1.29 is 0 Å². The summed E-state index contributed by atoms with van der Waals surface area (Å²) in [5.41, 5.74) is 2.56. The largest absolute Gasteiger partial charge is 0.311 e. The average molecular weight is 263 g/mol. The maximum Gasteiger partial charge on any atom is 0.0547 e. The molecule has 0 radical (unpaired) electrons. The van der Waals surface area contributed by atoms with Crippen molar-refractivity contribution in [3.63, 3.8) is 0 Å². The highest BCUT2D eigenvalue weighted by molar-refractivity contribution is 5.11. The summed E-state index contributed by atoms with van der Waals surface area (Å²) in [6.07, 6.45) is 0. The molecule has 1 N–H and O–H groups in total. The Kier molecular flexibility index (Phi) is 5.95. The molecule has 0 aliphatic rings. The third-order valence-corrected chi connectivity index (χ3v) is 3.75. The summed E-state index contributed by atoms with van der Waals surface area (Å²) in [6.45, 7) is 14.0. The number of rotatable bonds is 6. The molecule has 1 unspecified atom stereocenters. The molecule has 3 heteroatoms. The molecule has 1 heterocycles. The third-order valence-electron chi connectivity index (χ3n) is 3.75. The lowest BCUT2D eigenvalue weighted by Crippen LogP contribution is -2.39. The molecule has 0 amide bonds. The Bertz CT molecular complexity index is 382.